The molecule has 2 saturated heterocycles. The standard InChI is InChI=1S/C21H28ClN5O4S/c1-2-26-15-19(20(28)23-14-18-7-4-12-31-18)21(24-26)32(29,30)27-10-8-25(9-11-27)17-6-3-5-16(22)13-17/h3,5-6,13,15,18H,2,4,7-12,14H2,1H3,(H,23,28). The van der Waals surface area contributed by atoms with Crippen LogP contribution in [0.2, 0.25) is 5.02 Å². The van der Waals surface area contributed by atoms with Crippen molar-refractivity contribution in [2.24, 2.45) is 0 Å². The van der Waals surface area contributed by atoms with Crippen molar-refractivity contribution >= 4 is 33.2 Å². The molecule has 1 N–H and O–H groups in total. The molecule has 0 saturated carbocycles. The van der Waals surface area contributed by atoms with E-state index in [9.17, 15) is 13.2 Å². The summed E-state index contributed by atoms with van der Waals surface area (Å²) in [4.78, 5) is 14.9. The first-order chi connectivity index (χ1) is 15.4. The zero-order valence-electron chi connectivity index (χ0n) is 18.0. The van der Waals surface area contributed by atoms with Crippen LogP contribution in [0, 0.1) is 0 Å². The van der Waals surface area contributed by atoms with Gasteiger partial charge < -0.3 is 15.0 Å². The molecule has 1 aromatic carbocycles. The van der Waals surface area contributed by atoms with E-state index in [4.69, 9.17) is 16.3 Å². The van der Waals surface area contributed by atoms with Gasteiger partial charge >= 0.3 is 0 Å². The molecule has 2 aliphatic heterocycles. The molecule has 2 aromatic rings. The normalized spacial score (nSPS) is 19.9. The molecule has 11 heteroatoms. The van der Waals surface area contributed by atoms with Crippen LogP contribution in [0.25, 0.3) is 0 Å². The minimum Gasteiger partial charge on any atom is -0.376 e. The minimum absolute atomic E-state index is 0.0280. The second kappa shape index (κ2) is 9.78. The quantitative estimate of drug-likeness (QED) is 0.649. The minimum atomic E-state index is -3.92. The van der Waals surface area contributed by atoms with Crippen LogP contribution < -0.4 is 10.2 Å². The lowest BCUT2D eigenvalue weighted by Gasteiger charge is -2.35. The molecule has 0 bridgehead atoms. The van der Waals surface area contributed by atoms with E-state index in [1.54, 1.807) is 6.07 Å². The van der Waals surface area contributed by atoms with Crippen LogP contribution >= 0.6 is 11.6 Å². The predicted molar refractivity (Wildman–Crippen MR) is 122 cm³/mol. The lowest BCUT2D eigenvalue weighted by atomic mass is 10.2. The fourth-order valence-corrected chi connectivity index (χ4v) is 5.71. The van der Waals surface area contributed by atoms with Crippen LogP contribution in [0.4, 0.5) is 5.69 Å². The lowest BCUT2D eigenvalue weighted by Crippen LogP contribution is -2.49. The molecule has 9 nitrogen and oxygen atoms in total. The van der Waals surface area contributed by atoms with Gasteiger partial charge in [0.1, 0.15) is 0 Å². The molecule has 3 heterocycles. The summed E-state index contributed by atoms with van der Waals surface area (Å²) in [5, 5.41) is 7.48. The number of hydrogen-bond donors (Lipinski definition) is 1. The molecular formula is C21H28ClN5O4S. The fraction of sp³-hybridized carbons (Fsp3) is 0.524. The number of rotatable bonds is 7. The van der Waals surface area contributed by atoms with Crippen molar-refractivity contribution < 1.29 is 17.9 Å². The van der Waals surface area contributed by atoms with Crippen molar-refractivity contribution in [3.63, 3.8) is 0 Å². The largest absolute Gasteiger partial charge is 0.376 e. The van der Waals surface area contributed by atoms with Crippen LogP contribution in [0.1, 0.15) is 30.1 Å². The molecule has 2 fully saturated rings. The maximum atomic E-state index is 13.4. The summed E-state index contributed by atoms with van der Waals surface area (Å²) in [5.74, 6) is -0.448. The molecule has 1 amide bonds. The van der Waals surface area contributed by atoms with Gasteiger partial charge in [-0.3, -0.25) is 9.48 Å². The summed E-state index contributed by atoms with van der Waals surface area (Å²) in [6.45, 7) is 4.99. The molecule has 1 atom stereocenters. The highest BCUT2D eigenvalue weighted by atomic mass is 35.5. The third-order valence-electron chi connectivity index (χ3n) is 5.81. The van der Waals surface area contributed by atoms with Crippen molar-refractivity contribution in [1.82, 2.24) is 19.4 Å². The Balaban J connectivity index is 1.48. The number of amides is 1. The number of aromatic nitrogens is 2. The highest BCUT2D eigenvalue weighted by Gasteiger charge is 2.35. The molecule has 0 aliphatic carbocycles. The van der Waals surface area contributed by atoms with Gasteiger partial charge in [-0.2, -0.15) is 9.40 Å². The fourth-order valence-electron chi connectivity index (χ4n) is 4.00. The summed E-state index contributed by atoms with van der Waals surface area (Å²) in [7, 11) is -3.92. The number of carbonyl (C=O) groups is 1. The number of nitrogens with one attached hydrogen (secondary N) is 1. The van der Waals surface area contributed by atoms with E-state index < -0.39 is 15.9 Å². The number of benzene rings is 1. The Morgan fingerprint density at radius 2 is 2.06 bits per heavy atom. The Kier molecular flexibility index (Phi) is 7.04. The van der Waals surface area contributed by atoms with Crippen molar-refractivity contribution in [2.45, 2.75) is 37.4 Å². The first kappa shape index (κ1) is 23.0. The SMILES string of the molecule is CCn1cc(C(=O)NCC2CCCO2)c(S(=O)(=O)N2CCN(c3cccc(Cl)c3)CC2)n1. The van der Waals surface area contributed by atoms with Gasteiger partial charge in [-0.05, 0) is 38.0 Å². The maximum Gasteiger partial charge on any atom is 0.263 e. The Morgan fingerprint density at radius 1 is 1.28 bits per heavy atom. The summed E-state index contributed by atoms with van der Waals surface area (Å²) >= 11 is 6.09. The summed E-state index contributed by atoms with van der Waals surface area (Å²) < 4.78 is 35.2. The molecule has 1 unspecified atom stereocenters. The van der Waals surface area contributed by atoms with E-state index in [1.165, 1.54) is 15.2 Å². The van der Waals surface area contributed by atoms with E-state index in [2.05, 4.69) is 15.3 Å². The smallest absolute Gasteiger partial charge is 0.263 e. The number of aryl methyl sites for hydroxylation is 1. The predicted octanol–water partition coefficient (Wildman–Crippen LogP) is 1.98. The molecule has 2 aliphatic rings. The Bertz CT molecular complexity index is 1060. The van der Waals surface area contributed by atoms with E-state index in [1.807, 2.05) is 25.1 Å². The van der Waals surface area contributed by atoms with Crippen molar-refractivity contribution in [2.75, 3.05) is 44.2 Å². The second-order valence-corrected chi connectivity index (χ2v) is 10.2. The highest BCUT2D eigenvalue weighted by Crippen LogP contribution is 2.24. The number of hydrogen-bond acceptors (Lipinski definition) is 6. The number of sulfonamides is 1. The summed E-state index contributed by atoms with van der Waals surface area (Å²) in [6, 6.07) is 7.50. The van der Waals surface area contributed by atoms with Crippen molar-refractivity contribution in [3.8, 4) is 0 Å². The Labute approximate surface area is 193 Å². The number of ether oxygens (including phenoxy) is 1. The number of nitrogens with zero attached hydrogens (tertiary/aromatic N) is 4. The third kappa shape index (κ3) is 4.93. The first-order valence-electron chi connectivity index (χ1n) is 10.9. The molecule has 174 valence electrons. The van der Waals surface area contributed by atoms with Crippen molar-refractivity contribution in [3.05, 3.63) is 41.0 Å². The van der Waals surface area contributed by atoms with E-state index in [0.717, 1.165) is 18.5 Å². The van der Waals surface area contributed by atoms with Crippen LogP contribution in [-0.2, 0) is 21.3 Å². The summed E-state index contributed by atoms with van der Waals surface area (Å²) in [6.07, 6.45) is 3.32. The Morgan fingerprint density at radius 3 is 2.72 bits per heavy atom. The lowest BCUT2D eigenvalue weighted by molar-refractivity contribution is 0.0855. The van der Waals surface area contributed by atoms with Crippen LogP contribution in [-0.4, -0.2) is 73.8 Å². The second-order valence-electron chi connectivity index (χ2n) is 7.92. The monoisotopic (exact) mass is 481 g/mol. The number of carbonyl (C=O) groups excluding carboxylic acids is 1. The zero-order valence-corrected chi connectivity index (χ0v) is 19.6. The van der Waals surface area contributed by atoms with E-state index in [0.29, 0.717) is 50.9 Å². The highest BCUT2D eigenvalue weighted by molar-refractivity contribution is 7.89. The van der Waals surface area contributed by atoms with Gasteiger partial charge in [0.05, 0.1) is 11.7 Å². The van der Waals surface area contributed by atoms with Crippen molar-refractivity contribution in [1.29, 1.82) is 0 Å². The van der Waals surface area contributed by atoms with Crippen LogP contribution in [0.3, 0.4) is 0 Å². The van der Waals surface area contributed by atoms with Crippen LogP contribution in [0.15, 0.2) is 35.5 Å². The third-order valence-corrected chi connectivity index (χ3v) is 7.88. The number of halogens is 1. The van der Waals surface area contributed by atoms with E-state index >= 15 is 0 Å². The average molecular weight is 482 g/mol. The van der Waals surface area contributed by atoms with Crippen LogP contribution in [0.5, 0.6) is 0 Å². The molecule has 4 rings (SSSR count). The Hall–Kier alpha value is -2.14. The van der Waals surface area contributed by atoms with Gasteiger partial charge in [0.2, 0.25) is 5.03 Å². The van der Waals surface area contributed by atoms with Gasteiger partial charge in [-0.1, -0.05) is 17.7 Å². The van der Waals surface area contributed by atoms with Gasteiger partial charge in [0.25, 0.3) is 15.9 Å². The van der Waals surface area contributed by atoms with Gasteiger partial charge in [-0.15, -0.1) is 0 Å². The zero-order chi connectivity index (χ0) is 22.7. The van der Waals surface area contributed by atoms with E-state index in [-0.39, 0.29) is 16.7 Å². The van der Waals surface area contributed by atoms with Gasteiger partial charge in [0.15, 0.2) is 0 Å². The molecule has 0 radical (unpaired) electrons. The molecular weight excluding hydrogens is 454 g/mol. The van der Waals surface area contributed by atoms with Gasteiger partial charge in [0, 0.05) is 62.8 Å². The molecule has 32 heavy (non-hydrogen) atoms. The number of piperazine rings is 1. The van der Waals surface area contributed by atoms with Gasteiger partial charge in [-0.25, -0.2) is 8.42 Å². The number of anilines is 1. The summed E-state index contributed by atoms with van der Waals surface area (Å²) in [5.41, 5.74) is 1.03. The maximum absolute atomic E-state index is 13.4. The topological polar surface area (TPSA) is 96.8 Å². The molecule has 0 spiro atoms. The molecule has 1 aromatic heterocycles. The first-order valence-corrected chi connectivity index (χ1v) is 12.7. The average Bonchev–Trinajstić information content (AvgIpc) is 3.48.